The topological polar surface area (TPSA) is 75.8 Å². The van der Waals surface area contributed by atoms with Crippen LogP contribution in [0.15, 0.2) is 39.8 Å². The highest BCUT2D eigenvalue weighted by atomic mass is 16.5. The molecule has 0 bridgehead atoms. The Morgan fingerprint density at radius 1 is 1.36 bits per heavy atom. The number of ether oxygens (including phenoxy) is 1. The van der Waals surface area contributed by atoms with Crippen molar-refractivity contribution in [1.29, 1.82) is 0 Å². The predicted molar refractivity (Wildman–Crippen MR) is 109 cm³/mol. The Balaban J connectivity index is 1.58. The van der Waals surface area contributed by atoms with E-state index in [4.69, 9.17) is 14.3 Å². The summed E-state index contributed by atoms with van der Waals surface area (Å²) in [5.74, 6) is 2.64. The molecule has 1 aromatic heterocycles. The van der Waals surface area contributed by atoms with Crippen molar-refractivity contribution in [1.82, 2.24) is 20.4 Å². The fraction of sp³-hybridized carbons (Fsp3) is 0.571. The molecule has 7 heteroatoms. The van der Waals surface area contributed by atoms with Crippen molar-refractivity contribution < 1.29 is 9.26 Å². The number of nitrogens with zero attached hydrogens (tertiary/aromatic N) is 4. The van der Waals surface area contributed by atoms with E-state index in [0.29, 0.717) is 30.8 Å². The molecule has 1 saturated heterocycles. The third-order valence-corrected chi connectivity index (χ3v) is 4.92. The minimum absolute atomic E-state index is 0.169. The average molecular weight is 386 g/mol. The second kappa shape index (κ2) is 10.2. The first-order valence-corrected chi connectivity index (χ1v) is 10.2. The van der Waals surface area contributed by atoms with Gasteiger partial charge in [0.15, 0.2) is 11.8 Å². The monoisotopic (exact) mass is 385 g/mol. The Hall–Kier alpha value is -2.41. The van der Waals surface area contributed by atoms with E-state index in [1.54, 1.807) is 0 Å². The van der Waals surface area contributed by atoms with E-state index in [0.717, 1.165) is 32.0 Å². The van der Waals surface area contributed by atoms with Crippen molar-refractivity contribution in [3.05, 3.63) is 47.6 Å². The molecule has 1 fully saturated rings. The first-order valence-electron chi connectivity index (χ1n) is 10.2. The number of aromatic nitrogens is 2. The van der Waals surface area contributed by atoms with Gasteiger partial charge in [-0.3, -0.25) is 0 Å². The molecular formula is C21H31N5O2. The van der Waals surface area contributed by atoms with Gasteiger partial charge in [-0.1, -0.05) is 35.5 Å². The molecule has 2 atom stereocenters. The van der Waals surface area contributed by atoms with Crippen LogP contribution in [0.1, 0.15) is 50.6 Å². The molecule has 7 nitrogen and oxygen atoms in total. The van der Waals surface area contributed by atoms with Crippen LogP contribution in [0.2, 0.25) is 0 Å². The minimum Gasteiger partial charge on any atom is -0.371 e. The van der Waals surface area contributed by atoms with E-state index in [9.17, 15) is 0 Å². The summed E-state index contributed by atoms with van der Waals surface area (Å²) in [5.41, 5.74) is 1.40. The van der Waals surface area contributed by atoms with E-state index >= 15 is 0 Å². The van der Waals surface area contributed by atoms with Crippen LogP contribution in [0.3, 0.4) is 0 Å². The van der Waals surface area contributed by atoms with Crippen molar-refractivity contribution in [3.8, 4) is 0 Å². The second-order valence-electron chi connectivity index (χ2n) is 7.10. The van der Waals surface area contributed by atoms with Gasteiger partial charge in [-0.2, -0.15) is 4.98 Å². The van der Waals surface area contributed by atoms with Gasteiger partial charge in [0.25, 0.3) is 0 Å². The number of hydrogen-bond acceptors (Lipinski definition) is 5. The van der Waals surface area contributed by atoms with E-state index in [1.165, 1.54) is 12.0 Å². The van der Waals surface area contributed by atoms with Crippen LogP contribution in [0.25, 0.3) is 0 Å². The van der Waals surface area contributed by atoms with Gasteiger partial charge in [0, 0.05) is 26.2 Å². The molecule has 0 aliphatic carbocycles. The molecule has 1 aliphatic rings. The molecule has 2 heterocycles. The molecule has 0 amide bonds. The number of nitrogens with one attached hydrogen (secondary N) is 1. The Kier molecular flexibility index (Phi) is 7.42. The summed E-state index contributed by atoms with van der Waals surface area (Å²) < 4.78 is 10.8. The van der Waals surface area contributed by atoms with Gasteiger partial charge in [-0.05, 0) is 45.1 Å². The standard InChI is InChI=1S/C21H31N5O2/c1-4-22-21(23-14-19-24-20(25-28-19)16(3)27-5-2)26-12-11-18(15-26)13-17-9-7-6-8-10-17/h6-10,16,18H,4-5,11-15H2,1-3H3,(H,22,23). The lowest BCUT2D eigenvalue weighted by Gasteiger charge is -2.21. The summed E-state index contributed by atoms with van der Waals surface area (Å²) in [6, 6.07) is 10.7. The maximum Gasteiger partial charge on any atom is 0.248 e. The number of benzene rings is 1. The smallest absolute Gasteiger partial charge is 0.248 e. The molecular weight excluding hydrogens is 354 g/mol. The van der Waals surface area contributed by atoms with E-state index < -0.39 is 0 Å². The minimum atomic E-state index is -0.169. The van der Waals surface area contributed by atoms with E-state index in [1.807, 2.05) is 13.8 Å². The lowest BCUT2D eigenvalue weighted by Crippen LogP contribution is -2.40. The van der Waals surface area contributed by atoms with Gasteiger partial charge in [0.05, 0.1) is 0 Å². The number of rotatable bonds is 8. The molecule has 0 spiro atoms. The zero-order chi connectivity index (χ0) is 19.8. The first-order chi connectivity index (χ1) is 13.7. The number of guanidine groups is 1. The van der Waals surface area contributed by atoms with Crippen LogP contribution in [-0.2, 0) is 17.7 Å². The number of aliphatic imine (C=N–C) groups is 1. The quantitative estimate of drug-likeness (QED) is 0.556. The van der Waals surface area contributed by atoms with Gasteiger partial charge in [-0.15, -0.1) is 0 Å². The van der Waals surface area contributed by atoms with E-state index in [-0.39, 0.29) is 6.10 Å². The molecule has 1 aromatic carbocycles. The normalized spacial score (nSPS) is 18.5. The Morgan fingerprint density at radius 3 is 2.93 bits per heavy atom. The van der Waals surface area contributed by atoms with Gasteiger partial charge < -0.3 is 19.5 Å². The number of likely N-dealkylation sites (tertiary alicyclic amines) is 1. The Morgan fingerprint density at radius 2 is 2.18 bits per heavy atom. The predicted octanol–water partition coefficient (Wildman–Crippen LogP) is 3.20. The third-order valence-electron chi connectivity index (χ3n) is 4.92. The van der Waals surface area contributed by atoms with Gasteiger partial charge in [0.2, 0.25) is 5.89 Å². The summed E-state index contributed by atoms with van der Waals surface area (Å²) >= 11 is 0. The summed E-state index contributed by atoms with van der Waals surface area (Å²) in [7, 11) is 0. The van der Waals surface area contributed by atoms with Crippen molar-refractivity contribution in [3.63, 3.8) is 0 Å². The van der Waals surface area contributed by atoms with Crippen LogP contribution in [0, 0.1) is 5.92 Å². The molecule has 2 aromatic rings. The highest BCUT2D eigenvalue weighted by Gasteiger charge is 2.25. The molecule has 152 valence electrons. The van der Waals surface area contributed by atoms with Gasteiger partial charge in [-0.25, -0.2) is 4.99 Å². The van der Waals surface area contributed by atoms with Crippen molar-refractivity contribution in [2.45, 2.75) is 46.3 Å². The highest BCUT2D eigenvalue weighted by molar-refractivity contribution is 5.80. The molecule has 0 radical (unpaired) electrons. The third kappa shape index (κ3) is 5.55. The average Bonchev–Trinajstić information content (AvgIpc) is 3.36. The maximum atomic E-state index is 5.51. The van der Waals surface area contributed by atoms with Crippen LogP contribution in [0.5, 0.6) is 0 Å². The van der Waals surface area contributed by atoms with Crippen molar-refractivity contribution in [2.24, 2.45) is 10.9 Å². The highest BCUT2D eigenvalue weighted by Crippen LogP contribution is 2.21. The maximum absolute atomic E-state index is 5.51. The molecule has 1 aliphatic heterocycles. The van der Waals surface area contributed by atoms with Crippen LogP contribution in [0.4, 0.5) is 0 Å². The molecule has 0 saturated carbocycles. The summed E-state index contributed by atoms with van der Waals surface area (Å²) in [6.07, 6.45) is 2.12. The number of hydrogen-bond donors (Lipinski definition) is 1. The lowest BCUT2D eigenvalue weighted by molar-refractivity contribution is 0.0683. The van der Waals surface area contributed by atoms with Crippen molar-refractivity contribution in [2.75, 3.05) is 26.2 Å². The SMILES string of the molecule is CCNC(=NCc1nc(C(C)OCC)no1)N1CCC(Cc2ccccc2)C1. The van der Waals surface area contributed by atoms with Crippen LogP contribution in [-0.4, -0.2) is 47.2 Å². The van der Waals surface area contributed by atoms with E-state index in [2.05, 4.69) is 57.6 Å². The second-order valence-corrected chi connectivity index (χ2v) is 7.10. The fourth-order valence-corrected chi connectivity index (χ4v) is 3.53. The molecule has 3 rings (SSSR count). The molecule has 2 unspecified atom stereocenters. The molecule has 28 heavy (non-hydrogen) atoms. The Bertz CT molecular complexity index is 746. The van der Waals surface area contributed by atoms with Crippen LogP contribution < -0.4 is 5.32 Å². The zero-order valence-corrected chi connectivity index (χ0v) is 17.1. The van der Waals surface area contributed by atoms with Crippen molar-refractivity contribution >= 4 is 5.96 Å². The Labute approximate surface area is 167 Å². The summed E-state index contributed by atoms with van der Waals surface area (Å²) in [5, 5.41) is 7.39. The molecule has 1 N–H and O–H groups in total. The van der Waals surface area contributed by atoms with Crippen LogP contribution >= 0.6 is 0 Å². The van der Waals surface area contributed by atoms with Gasteiger partial charge >= 0.3 is 0 Å². The fourth-order valence-electron chi connectivity index (χ4n) is 3.53. The summed E-state index contributed by atoms with van der Waals surface area (Å²) in [4.78, 5) is 11.5. The first kappa shape index (κ1) is 20.3. The van der Waals surface area contributed by atoms with Gasteiger partial charge in [0.1, 0.15) is 12.6 Å². The lowest BCUT2D eigenvalue weighted by atomic mass is 9.99. The largest absolute Gasteiger partial charge is 0.371 e. The zero-order valence-electron chi connectivity index (χ0n) is 17.1. The summed E-state index contributed by atoms with van der Waals surface area (Å²) in [6.45, 7) is 9.79.